The lowest BCUT2D eigenvalue weighted by Gasteiger charge is -2.43. The van der Waals surface area contributed by atoms with Gasteiger partial charge in [-0.3, -0.25) is 24.2 Å². The van der Waals surface area contributed by atoms with Gasteiger partial charge < -0.3 is 15.1 Å². The van der Waals surface area contributed by atoms with E-state index >= 15 is 4.39 Å². The van der Waals surface area contributed by atoms with E-state index in [1.165, 1.54) is 17.7 Å². The Morgan fingerprint density at radius 3 is 2.60 bits per heavy atom. The first-order chi connectivity index (χ1) is 22.5. The van der Waals surface area contributed by atoms with Gasteiger partial charge in [-0.15, -0.1) is 0 Å². The Labute approximate surface area is 272 Å². The molecule has 1 aliphatic rings. The summed E-state index contributed by atoms with van der Waals surface area (Å²) in [5.74, 6) is -1.21. The number of carbonyl (C=O) groups excluding carboxylic acids is 1. The zero-order valence-electron chi connectivity index (χ0n) is 27.6. The number of hydrogen-bond donors (Lipinski definition) is 2. The number of pyridine rings is 3. The van der Waals surface area contributed by atoms with Crippen molar-refractivity contribution in [3.8, 4) is 16.9 Å². The Hall–Kier alpha value is -5.32. The summed E-state index contributed by atoms with van der Waals surface area (Å²) in [5, 5.41) is 10.9. The summed E-state index contributed by atoms with van der Waals surface area (Å²) < 4.78 is 18.1. The molecule has 5 aromatic rings. The fourth-order valence-corrected chi connectivity index (χ4v) is 6.74. The number of benzene rings is 1. The van der Waals surface area contributed by atoms with Gasteiger partial charge in [0.1, 0.15) is 17.1 Å². The molecule has 10 nitrogen and oxygen atoms in total. The molecule has 5 heterocycles. The smallest absolute Gasteiger partial charge is 0.271 e. The van der Waals surface area contributed by atoms with Gasteiger partial charge in [-0.05, 0) is 62.1 Å². The zero-order chi connectivity index (χ0) is 33.7. The molecule has 0 saturated carbocycles. The largest absolute Gasteiger partial charge is 0.366 e. The van der Waals surface area contributed by atoms with Crippen molar-refractivity contribution in [2.75, 3.05) is 31.6 Å². The Balaban J connectivity index is 1.76. The molecule has 6 rings (SSSR count). The van der Waals surface area contributed by atoms with Crippen LogP contribution < -0.4 is 15.8 Å². The number of halogens is 1. The van der Waals surface area contributed by atoms with Gasteiger partial charge in [0.05, 0.1) is 28.8 Å². The third kappa shape index (κ3) is 5.15. The minimum atomic E-state index is -0.581. The fourth-order valence-electron chi connectivity index (χ4n) is 6.74. The predicted octanol–water partition coefficient (Wildman–Crippen LogP) is 5.77. The van der Waals surface area contributed by atoms with Crippen molar-refractivity contribution in [2.24, 2.45) is 0 Å². The SMILES string of the molecule is C=CC(=C)N1CCN(c2c(C(=O)NC)c(=O)n(-c3c(C)ccnc3C(C)C)c3nc(-c4c(C)ccc5[nH]ncc45)c(F)cc23)C[C@H]1C. The van der Waals surface area contributed by atoms with Crippen LogP contribution in [0.25, 0.3) is 38.9 Å². The number of nitrogens with zero attached hydrogens (tertiary/aromatic N) is 6. The van der Waals surface area contributed by atoms with Crippen molar-refractivity contribution in [3.63, 3.8) is 0 Å². The molecule has 1 atom stereocenters. The van der Waals surface area contributed by atoms with Crippen molar-refractivity contribution < 1.29 is 9.18 Å². The van der Waals surface area contributed by atoms with E-state index in [2.05, 4.69) is 38.6 Å². The van der Waals surface area contributed by atoms with Crippen LogP contribution in [0.2, 0.25) is 0 Å². The summed E-state index contributed by atoms with van der Waals surface area (Å²) in [6.07, 6.45) is 5.07. The average Bonchev–Trinajstić information content (AvgIpc) is 3.53. The summed E-state index contributed by atoms with van der Waals surface area (Å²) in [5.41, 5.74) is 4.89. The van der Waals surface area contributed by atoms with Crippen molar-refractivity contribution in [3.05, 3.63) is 100 Å². The summed E-state index contributed by atoms with van der Waals surface area (Å²) in [6, 6.07) is 6.97. The lowest BCUT2D eigenvalue weighted by Crippen LogP contribution is -2.52. The number of anilines is 1. The predicted molar refractivity (Wildman–Crippen MR) is 185 cm³/mol. The molecule has 1 aliphatic heterocycles. The van der Waals surface area contributed by atoms with Gasteiger partial charge in [0, 0.05) is 61.0 Å². The number of nitrogens with one attached hydrogen (secondary N) is 2. The Morgan fingerprint density at radius 2 is 1.91 bits per heavy atom. The maximum atomic E-state index is 16.7. The molecule has 1 amide bonds. The molecule has 11 heteroatoms. The molecule has 0 aliphatic carbocycles. The number of H-pyrrole nitrogens is 1. The van der Waals surface area contributed by atoms with Crippen LogP contribution in [0.3, 0.4) is 0 Å². The van der Waals surface area contributed by atoms with Crippen molar-refractivity contribution in [1.82, 2.24) is 34.9 Å². The number of aromatic nitrogens is 5. The van der Waals surface area contributed by atoms with Gasteiger partial charge in [-0.25, -0.2) is 9.37 Å². The van der Waals surface area contributed by atoms with Crippen LogP contribution in [0.15, 0.2) is 66.4 Å². The van der Waals surface area contributed by atoms with E-state index in [0.29, 0.717) is 53.0 Å². The number of rotatable bonds is 7. The second-order valence-corrected chi connectivity index (χ2v) is 12.4. The first-order valence-electron chi connectivity index (χ1n) is 15.7. The third-order valence-electron chi connectivity index (χ3n) is 9.07. The van der Waals surface area contributed by atoms with Crippen molar-refractivity contribution >= 4 is 33.5 Å². The van der Waals surface area contributed by atoms with Crippen molar-refractivity contribution in [2.45, 2.75) is 46.6 Å². The van der Waals surface area contributed by atoms with Crippen LogP contribution in [-0.4, -0.2) is 68.3 Å². The molecular weight excluding hydrogens is 595 g/mol. The number of carbonyl (C=O) groups is 1. The first-order valence-corrected chi connectivity index (χ1v) is 15.7. The summed E-state index contributed by atoms with van der Waals surface area (Å²) >= 11 is 0. The van der Waals surface area contributed by atoms with Gasteiger partial charge in [0.25, 0.3) is 11.5 Å². The molecule has 2 N–H and O–H groups in total. The Kier molecular flexibility index (Phi) is 8.17. The first kappa shape index (κ1) is 31.7. The highest BCUT2D eigenvalue weighted by atomic mass is 19.1. The van der Waals surface area contributed by atoms with E-state index in [0.717, 1.165) is 22.3 Å². The maximum Gasteiger partial charge on any atom is 0.271 e. The van der Waals surface area contributed by atoms with Gasteiger partial charge in [-0.1, -0.05) is 33.1 Å². The minimum Gasteiger partial charge on any atom is -0.366 e. The number of aromatic amines is 1. The molecule has 1 aromatic carbocycles. The maximum absolute atomic E-state index is 16.7. The molecule has 0 spiro atoms. The van der Waals surface area contributed by atoms with Gasteiger partial charge in [0.15, 0.2) is 5.65 Å². The highest BCUT2D eigenvalue weighted by molar-refractivity contribution is 6.08. The zero-order valence-corrected chi connectivity index (χ0v) is 27.6. The molecule has 1 saturated heterocycles. The number of allylic oxidation sites excluding steroid dienone is 1. The fraction of sp³-hybridized carbons (Fsp3) is 0.306. The van der Waals surface area contributed by atoms with Crippen LogP contribution in [0.1, 0.15) is 53.9 Å². The number of piperazine rings is 1. The van der Waals surface area contributed by atoms with Crippen LogP contribution >= 0.6 is 0 Å². The van der Waals surface area contributed by atoms with E-state index in [1.807, 2.05) is 57.7 Å². The number of fused-ring (bicyclic) bond motifs is 2. The molecule has 0 unspecified atom stereocenters. The second kappa shape index (κ2) is 12.1. The molecule has 0 bridgehead atoms. The van der Waals surface area contributed by atoms with E-state index in [9.17, 15) is 9.59 Å². The monoisotopic (exact) mass is 634 g/mol. The van der Waals surface area contributed by atoms with E-state index in [1.54, 1.807) is 18.5 Å². The molecule has 4 aromatic heterocycles. The lowest BCUT2D eigenvalue weighted by atomic mass is 9.98. The molecular formula is C36H39FN8O2. The van der Waals surface area contributed by atoms with Crippen LogP contribution in [-0.2, 0) is 0 Å². The van der Waals surface area contributed by atoms with E-state index < -0.39 is 17.3 Å². The van der Waals surface area contributed by atoms with E-state index in [4.69, 9.17) is 4.98 Å². The normalized spacial score (nSPS) is 15.1. The summed E-state index contributed by atoms with van der Waals surface area (Å²) in [7, 11) is 1.49. The number of aryl methyl sites for hydroxylation is 2. The van der Waals surface area contributed by atoms with Gasteiger partial charge in [0.2, 0.25) is 0 Å². The van der Waals surface area contributed by atoms with Crippen LogP contribution in [0.4, 0.5) is 10.1 Å². The average molecular weight is 635 g/mol. The van der Waals surface area contributed by atoms with E-state index in [-0.39, 0.29) is 28.9 Å². The Bertz CT molecular complexity index is 2150. The molecule has 0 radical (unpaired) electrons. The van der Waals surface area contributed by atoms with Crippen LogP contribution in [0.5, 0.6) is 0 Å². The number of amides is 1. The highest BCUT2D eigenvalue weighted by Gasteiger charge is 2.33. The molecule has 242 valence electrons. The van der Waals surface area contributed by atoms with Crippen molar-refractivity contribution in [1.29, 1.82) is 0 Å². The Morgan fingerprint density at radius 1 is 1.15 bits per heavy atom. The third-order valence-corrected chi connectivity index (χ3v) is 9.07. The minimum absolute atomic E-state index is 0.0317. The lowest BCUT2D eigenvalue weighted by molar-refractivity contribution is 0.0961. The highest BCUT2D eigenvalue weighted by Crippen LogP contribution is 2.38. The molecule has 1 fully saturated rings. The van der Waals surface area contributed by atoms with Gasteiger partial charge in [-0.2, -0.15) is 5.10 Å². The quantitative estimate of drug-likeness (QED) is 0.219. The summed E-state index contributed by atoms with van der Waals surface area (Å²) in [6.45, 7) is 19.3. The van der Waals surface area contributed by atoms with Crippen LogP contribution in [0, 0.1) is 19.7 Å². The summed E-state index contributed by atoms with van der Waals surface area (Å²) in [4.78, 5) is 42.4. The topological polar surface area (TPSA) is 112 Å². The standard InChI is InChI=1S/C36H39FN8O2/c1-9-22(6)44-15-14-43(18-23(44)7)33-24-16-26(37)31(28-20(4)10-11-27-25(28)17-40-42-27)41-34(24)45(36(47)29(33)35(46)38-8)32-21(5)12-13-39-30(32)19(2)3/h9-13,16-17,19,23H,1,6,14-15,18H2,2-5,7-8H3,(H,38,46)(H,40,42)/t23-/m1/s1. The molecule has 47 heavy (non-hydrogen) atoms. The van der Waals surface area contributed by atoms with Gasteiger partial charge >= 0.3 is 0 Å². The number of hydrogen-bond acceptors (Lipinski definition) is 7. The second-order valence-electron chi connectivity index (χ2n) is 12.4.